The fraction of sp³-hybridized carbons (Fsp3) is 0.588. The van der Waals surface area contributed by atoms with Crippen LogP contribution in [0.5, 0.6) is 0 Å². The molecule has 0 aromatic rings. The summed E-state index contributed by atoms with van der Waals surface area (Å²) < 4.78 is 25.6. The van der Waals surface area contributed by atoms with E-state index in [9.17, 15) is 23.8 Å². The lowest BCUT2D eigenvalue weighted by Gasteiger charge is -2.17. The number of phosphoric ester groups is 1. The second-order valence-corrected chi connectivity index (χ2v) is 6.79. The molecule has 0 saturated heterocycles. The van der Waals surface area contributed by atoms with E-state index in [1.807, 2.05) is 0 Å². The predicted octanol–water partition coefficient (Wildman–Crippen LogP) is 0.0646. The highest BCUT2D eigenvalue weighted by atomic mass is 31.2. The van der Waals surface area contributed by atoms with Crippen LogP contribution in [0.3, 0.4) is 0 Å². The molecule has 28 heavy (non-hydrogen) atoms. The number of carbonyl (C=O) groups is 3. The van der Waals surface area contributed by atoms with E-state index < -0.39 is 19.7 Å². The average Bonchev–Trinajstić information content (AvgIpc) is 2.62. The minimum atomic E-state index is -4.27. The molecule has 0 aromatic heterocycles. The van der Waals surface area contributed by atoms with Crippen molar-refractivity contribution in [2.45, 2.75) is 26.2 Å². The third-order valence-corrected chi connectivity index (χ3v) is 4.03. The summed E-state index contributed by atoms with van der Waals surface area (Å²) in [4.78, 5) is 44.8. The molecule has 10 nitrogen and oxygen atoms in total. The minimum Gasteiger partial charge on any atom is -0.466 e. The number of rotatable bonds is 14. The van der Waals surface area contributed by atoms with Crippen LogP contribution in [-0.4, -0.2) is 67.0 Å². The molecule has 0 rings (SSSR count). The Labute approximate surface area is 164 Å². The van der Waals surface area contributed by atoms with Crippen molar-refractivity contribution in [1.82, 2.24) is 10.2 Å². The first-order valence-corrected chi connectivity index (χ1v) is 9.88. The van der Waals surface area contributed by atoms with Gasteiger partial charge in [-0.05, 0) is 0 Å². The number of esters is 1. The highest BCUT2D eigenvalue weighted by molar-refractivity contribution is 7.47. The Balaban J connectivity index is 3.94. The lowest BCUT2D eigenvalue weighted by molar-refractivity contribution is -0.141. The van der Waals surface area contributed by atoms with Crippen molar-refractivity contribution in [3.8, 4) is 24.7 Å². The normalized spacial score (nSPS) is 12.1. The zero-order valence-corrected chi connectivity index (χ0v) is 16.6. The molecule has 0 aliphatic carbocycles. The van der Waals surface area contributed by atoms with Crippen molar-refractivity contribution in [1.29, 1.82) is 0 Å². The first kappa shape index (κ1) is 25.6. The largest absolute Gasteiger partial charge is 0.472 e. The van der Waals surface area contributed by atoms with Gasteiger partial charge >= 0.3 is 13.8 Å². The number of phosphoric acid groups is 1. The molecule has 1 unspecified atom stereocenters. The number of carbonyl (C=O) groups excluding carboxylic acids is 3. The predicted molar refractivity (Wildman–Crippen MR) is 99.5 cm³/mol. The summed E-state index contributed by atoms with van der Waals surface area (Å²) in [6.45, 7) is 0.974. The Morgan fingerprint density at radius 1 is 1.07 bits per heavy atom. The van der Waals surface area contributed by atoms with Crippen molar-refractivity contribution in [3.05, 3.63) is 0 Å². The van der Waals surface area contributed by atoms with Gasteiger partial charge in [0.15, 0.2) is 0 Å². The monoisotopic (exact) mass is 416 g/mol. The zero-order valence-electron chi connectivity index (χ0n) is 15.7. The number of nitrogens with zero attached hydrogens (tertiary/aromatic N) is 1. The summed E-state index contributed by atoms with van der Waals surface area (Å²) in [6, 6.07) is 0. The van der Waals surface area contributed by atoms with Crippen LogP contribution in [0.2, 0.25) is 0 Å². The fourth-order valence-electron chi connectivity index (χ4n) is 1.76. The van der Waals surface area contributed by atoms with Gasteiger partial charge in [0, 0.05) is 32.7 Å². The van der Waals surface area contributed by atoms with E-state index in [2.05, 4.69) is 30.9 Å². The Morgan fingerprint density at radius 2 is 1.68 bits per heavy atom. The van der Waals surface area contributed by atoms with Crippen molar-refractivity contribution >= 4 is 25.6 Å². The smallest absolute Gasteiger partial charge is 0.466 e. The van der Waals surface area contributed by atoms with Crippen LogP contribution in [0.15, 0.2) is 0 Å². The lowest BCUT2D eigenvalue weighted by Crippen LogP contribution is -2.33. The quantitative estimate of drug-likeness (QED) is 0.176. The van der Waals surface area contributed by atoms with Crippen molar-refractivity contribution in [2.24, 2.45) is 0 Å². The summed E-state index contributed by atoms with van der Waals surface area (Å²) in [5.74, 6) is 3.39. The van der Waals surface area contributed by atoms with Gasteiger partial charge < -0.3 is 19.8 Å². The third-order valence-electron chi connectivity index (χ3n) is 3.01. The number of terminal acetylenes is 2. The number of hydrogen-bond donors (Lipinski definition) is 2. The molecule has 0 bridgehead atoms. The molecule has 156 valence electrons. The van der Waals surface area contributed by atoms with Gasteiger partial charge in [0.2, 0.25) is 11.8 Å². The molecule has 0 radical (unpaired) electrons. The standard InChI is InChI=1S/C17H25N2O8P/c1-4-10-19(11-5-2)17(22)8-7-16(21)18-9-14-27-28(23,24)26-13-6-12-25-15(3)20/h1-2H,6-14H2,3H3,(H,18,21)(H,23,24). The van der Waals surface area contributed by atoms with Crippen LogP contribution >= 0.6 is 7.82 Å². The van der Waals surface area contributed by atoms with Gasteiger partial charge in [-0.3, -0.25) is 23.4 Å². The van der Waals surface area contributed by atoms with Crippen LogP contribution in [0.1, 0.15) is 26.2 Å². The molecule has 0 heterocycles. The Kier molecular flexibility index (Phi) is 13.4. The van der Waals surface area contributed by atoms with Crippen LogP contribution in [-0.2, 0) is 32.7 Å². The van der Waals surface area contributed by atoms with E-state index in [0.29, 0.717) is 0 Å². The molecule has 0 spiro atoms. The number of ether oxygens (including phenoxy) is 1. The zero-order chi connectivity index (χ0) is 21.4. The molecular formula is C17H25N2O8P. The highest BCUT2D eigenvalue weighted by Crippen LogP contribution is 2.42. The first-order valence-electron chi connectivity index (χ1n) is 8.38. The summed E-state index contributed by atoms with van der Waals surface area (Å²) in [5, 5.41) is 2.44. The summed E-state index contributed by atoms with van der Waals surface area (Å²) in [6.07, 6.45) is 10.4. The molecule has 1 atom stereocenters. The molecule has 0 aromatic carbocycles. The van der Waals surface area contributed by atoms with Crippen molar-refractivity contribution in [2.75, 3.05) is 39.5 Å². The Hall–Kier alpha value is -2.36. The SMILES string of the molecule is C#CCN(CC#C)C(=O)CCC(=O)NCCOP(=O)(O)OCCCOC(C)=O. The number of nitrogens with one attached hydrogen (secondary N) is 1. The molecule has 11 heteroatoms. The summed E-state index contributed by atoms with van der Waals surface area (Å²) in [7, 11) is -4.27. The molecule has 2 N–H and O–H groups in total. The van der Waals surface area contributed by atoms with Gasteiger partial charge in [0.1, 0.15) is 0 Å². The van der Waals surface area contributed by atoms with Crippen molar-refractivity contribution in [3.63, 3.8) is 0 Å². The highest BCUT2D eigenvalue weighted by Gasteiger charge is 2.20. The first-order chi connectivity index (χ1) is 13.2. The summed E-state index contributed by atoms with van der Waals surface area (Å²) >= 11 is 0. The number of hydrogen-bond acceptors (Lipinski definition) is 7. The van der Waals surface area contributed by atoms with Gasteiger partial charge in [-0.25, -0.2) is 4.57 Å². The van der Waals surface area contributed by atoms with E-state index in [4.69, 9.17) is 12.8 Å². The molecule has 0 aliphatic heterocycles. The van der Waals surface area contributed by atoms with Crippen LogP contribution in [0.25, 0.3) is 0 Å². The molecule has 0 aliphatic rings. The topological polar surface area (TPSA) is 131 Å². The van der Waals surface area contributed by atoms with Crippen LogP contribution in [0, 0.1) is 24.7 Å². The molecule has 0 saturated carbocycles. The van der Waals surface area contributed by atoms with Gasteiger partial charge in [0.05, 0.1) is 32.9 Å². The second kappa shape index (κ2) is 14.7. The van der Waals surface area contributed by atoms with E-state index in [1.165, 1.54) is 11.8 Å². The summed E-state index contributed by atoms with van der Waals surface area (Å²) in [5.41, 5.74) is 0. The maximum Gasteiger partial charge on any atom is 0.472 e. The van der Waals surface area contributed by atoms with E-state index in [1.54, 1.807) is 0 Å². The lowest BCUT2D eigenvalue weighted by atomic mass is 10.2. The Bertz CT molecular complexity index is 637. The second-order valence-electron chi connectivity index (χ2n) is 5.34. The number of amides is 2. The minimum absolute atomic E-state index is 0.0488. The molecule has 2 amide bonds. The van der Waals surface area contributed by atoms with E-state index >= 15 is 0 Å². The third kappa shape index (κ3) is 13.8. The van der Waals surface area contributed by atoms with Crippen LogP contribution < -0.4 is 5.32 Å². The van der Waals surface area contributed by atoms with Gasteiger partial charge in [-0.2, -0.15) is 0 Å². The maximum absolute atomic E-state index is 11.9. The van der Waals surface area contributed by atoms with E-state index in [-0.39, 0.29) is 64.6 Å². The molecular weight excluding hydrogens is 391 g/mol. The van der Waals surface area contributed by atoms with Gasteiger partial charge in [-0.1, -0.05) is 11.8 Å². The average molecular weight is 416 g/mol. The van der Waals surface area contributed by atoms with E-state index in [0.717, 1.165) is 0 Å². The fourth-order valence-corrected chi connectivity index (χ4v) is 2.52. The Morgan fingerprint density at radius 3 is 2.25 bits per heavy atom. The van der Waals surface area contributed by atoms with Gasteiger partial charge in [0.25, 0.3) is 0 Å². The van der Waals surface area contributed by atoms with Crippen LogP contribution in [0.4, 0.5) is 0 Å². The van der Waals surface area contributed by atoms with Crippen molar-refractivity contribution < 1.29 is 37.6 Å². The van der Waals surface area contributed by atoms with Gasteiger partial charge in [-0.15, -0.1) is 12.8 Å². The molecule has 0 fully saturated rings. The maximum atomic E-state index is 11.9.